The molecule has 0 saturated carbocycles. The molecule has 2 aromatic rings. The average Bonchev–Trinajstić information content (AvgIpc) is 2.94. The highest BCUT2D eigenvalue weighted by molar-refractivity contribution is 7.99. The predicted molar refractivity (Wildman–Crippen MR) is 128 cm³/mol. The van der Waals surface area contributed by atoms with Gasteiger partial charge in [-0.2, -0.15) is 0 Å². The van der Waals surface area contributed by atoms with Crippen LogP contribution in [-0.2, 0) is 0 Å². The molecule has 182 valence electrons. The summed E-state index contributed by atoms with van der Waals surface area (Å²) in [5.41, 5.74) is 6.61. The molecule has 5 N–H and O–H groups in total. The zero-order valence-electron chi connectivity index (χ0n) is 18.5. The standard InChI is InChI=1S/C12H18F3N3O2S.C8H8O.C2H6.H2/c13-10-3-8(1-2-11(10)16)18(20)5-9(19)4-17-7-21-6-12(14)15;1-7-3-2-4-8(9)6-5-7;1-2;/h1-3,9,12,17,19-20H,4-7,16H2;2-6H,1H3;1-2H3;1H/t9-;;;/m0.../s1. The largest absolute Gasteiger partial charge is 0.396 e. The highest BCUT2D eigenvalue weighted by Gasteiger charge is 2.12. The van der Waals surface area contributed by atoms with Crippen LogP contribution >= 0.6 is 11.8 Å². The number of hydrogen-bond acceptors (Lipinski definition) is 7. The van der Waals surface area contributed by atoms with E-state index < -0.39 is 18.3 Å². The van der Waals surface area contributed by atoms with E-state index in [1.54, 1.807) is 18.2 Å². The normalized spacial score (nSPS) is 11.0. The maximum Gasteiger partial charge on any atom is 0.247 e. The average molecular weight is 478 g/mol. The minimum absolute atomic E-state index is 0. The number of nitrogen functional groups attached to an aromatic ring is 1. The quantitative estimate of drug-likeness (QED) is 0.186. The molecule has 0 bridgehead atoms. The first kappa shape index (κ1) is 29.7. The van der Waals surface area contributed by atoms with Gasteiger partial charge in [0.2, 0.25) is 6.43 Å². The van der Waals surface area contributed by atoms with Gasteiger partial charge in [-0.05, 0) is 31.2 Å². The molecule has 0 amide bonds. The van der Waals surface area contributed by atoms with E-state index in [9.17, 15) is 28.3 Å². The van der Waals surface area contributed by atoms with Crippen molar-refractivity contribution in [2.24, 2.45) is 0 Å². The van der Waals surface area contributed by atoms with Crippen LogP contribution in [0.4, 0.5) is 24.5 Å². The van der Waals surface area contributed by atoms with E-state index in [1.807, 2.05) is 32.9 Å². The second-order valence-corrected chi connectivity index (χ2v) is 7.34. The highest BCUT2D eigenvalue weighted by Crippen LogP contribution is 2.18. The van der Waals surface area contributed by atoms with Crippen molar-refractivity contribution in [2.45, 2.75) is 33.3 Å². The molecule has 2 rings (SSSR count). The van der Waals surface area contributed by atoms with Gasteiger partial charge in [0.05, 0.1) is 29.8 Å². The summed E-state index contributed by atoms with van der Waals surface area (Å²) in [5, 5.41) is 22.8. The first-order valence-electron chi connectivity index (χ1n) is 10.0. The van der Waals surface area contributed by atoms with Gasteiger partial charge in [-0.1, -0.05) is 37.6 Å². The number of aliphatic hydroxyl groups is 1. The van der Waals surface area contributed by atoms with E-state index in [0.29, 0.717) is 5.06 Å². The lowest BCUT2D eigenvalue weighted by Crippen LogP contribution is -2.37. The van der Waals surface area contributed by atoms with Gasteiger partial charge < -0.3 is 16.2 Å². The van der Waals surface area contributed by atoms with Crippen molar-refractivity contribution in [2.75, 3.05) is 35.5 Å². The van der Waals surface area contributed by atoms with Gasteiger partial charge in [-0.3, -0.25) is 15.1 Å². The van der Waals surface area contributed by atoms with Crippen LogP contribution in [-0.4, -0.2) is 47.6 Å². The van der Waals surface area contributed by atoms with Crippen molar-refractivity contribution in [1.29, 1.82) is 0 Å². The van der Waals surface area contributed by atoms with Crippen molar-refractivity contribution >= 4 is 23.1 Å². The fourth-order valence-electron chi connectivity index (χ4n) is 2.11. The summed E-state index contributed by atoms with van der Waals surface area (Å²) in [5.74, 6) is -0.675. The molecule has 0 aliphatic heterocycles. The smallest absolute Gasteiger partial charge is 0.247 e. The third kappa shape index (κ3) is 13.9. The highest BCUT2D eigenvalue weighted by atomic mass is 32.2. The number of anilines is 2. The summed E-state index contributed by atoms with van der Waals surface area (Å²) in [6.45, 7) is 5.92. The summed E-state index contributed by atoms with van der Waals surface area (Å²) in [6.07, 6.45) is -3.31. The van der Waals surface area contributed by atoms with E-state index in [0.717, 1.165) is 23.4 Å². The van der Waals surface area contributed by atoms with E-state index >= 15 is 0 Å². The molecule has 6 nitrogen and oxygen atoms in total. The summed E-state index contributed by atoms with van der Waals surface area (Å²) in [6, 6.07) is 12.4. The van der Waals surface area contributed by atoms with Crippen LogP contribution in [0.5, 0.6) is 0 Å². The van der Waals surface area contributed by atoms with Crippen LogP contribution in [0.3, 0.4) is 0 Å². The number of thioether (sulfide) groups is 1. The van der Waals surface area contributed by atoms with Crippen LogP contribution in [0.2, 0.25) is 0 Å². The first-order valence-corrected chi connectivity index (χ1v) is 11.2. The Labute approximate surface area is 192 Å². The van der Waals surface area contributed by atoms with Crippen LogP contribution in [0.25, 0.3) is 0 Å². The van der Waals surface area contributed by atoms with Gasteiger partial charge >= 0.3 is 0 Å². The SMILES string of the molecule is CC.Cc1cccc(=O)cc1.Nc1ccc(N(O)C[C@@H](O)CNCSCC(F)F)cc1F.[HH]. The van der Waals surface area contributed by atoms with Gasteiger partial charge in [-0.15, -0.1) is 11.8 Å². The van der Waals surface area contributed by atoms with Gasteiger partial charge in [0.25, 0.3) is 0 Å². The number of nitrogens with two attached hydrogens (primary N) is 1. The third-order valence-electron chi connectivity index (χ3n) is 3.62. The maximum absolute atomic E-state index is 13.2. The Kier molecular flexibility index (Phi) is 16.1. The molecule has 0 fully saturated rings. The molecule has 2 aromatic carbocycles. The maximum atomic E-state index is 13.2. The minimum Gasteiger partial charge on any atom is -0.396 e. The number of benzene rings is 1. The molecule has 0 aliphatic carbocycles. The Hall–Kier alpha value is -2.27. The number of hydroxylamine groups is 1. The zero-order valence-corrected chi connectivity index (χ0v) is 19.3. The molecular weight excluding hydrogens is 443 g/mol. The Morgan fingerprint density at radius 1 is 1.19 bits per heavy atom. The molecule has 32 heavy (non-hydrogen) atoms. The van der Waals surface area contributed by atoms with Gasteiger partial charge in [-0.25, -0.2) is 13.2 Å². The van der Waals surface area contributed by atoms with Crippen molar-refractivity contribution in [3.8, 4) is 0 Å². The lowest BCUT2D eigenvalue weighted by Gasteiger charge is -2.21. The molecule has 10 heteroatoms. The predicted octanol–water partition coefficient (Wildman–Crippen LogP) is 4.14. The molecular formula is C22H34F3N3O3S. The molecule has 0 heterocycles. The van der Waals surface area contributed by atoms with E-state index in [-0.39, 0.29) is 42.9 Å². The van der Waals surface area contributed by atoms with E-state index in [2.05, 4.69) is 5.32 Å². The number of aryl methyl sites for hydroxylation is 1. The number of rotatable bonds is 9. The number of hydrogen-bond donors (Lipinski definition) is 4. The lowest BCUT2D eigenvalue weighted by atomic mass is 10.2. The van der Waals surface area contributed by atoms with Crippen LogP contribution < -0.4 is 21.5 Å². The summed E-state index contributed by atoms with van der Waals surface area (Å²) >= 11 is 1.01. The molecule has 0 aliphatic rings. The van der Waals surface area contributed by atoms with Gasteiger partial charge in [0, 0.05) is 19.9 Å². The Morgan fingerprint density at radius 2 is 1.88 bits per heavy atom. The van der Waals surface area contributed by atoms with Crippen molar-refractivity contribution in [3.63, 3.8) is 0 Å². The van der Waals surface area contributed by atoms with Gasteiger partial charge in [0.1, 0.15) is 5.82 Å². The Bertz CT molecular complexity index is 838. The van der Waals surface area contributed by atoms with Crippen molar-refractivity contribution in [1.82, 2.24) is 5.32 Å². The fraction of sp³-hybridized carbons (Fsp3) is 0.409. The molecule has 0 radical (unpaired) electrons. The monoisotopic (exact) mass is 477 g/mol. The minimum atomic E-state index is -2.37. The van der Waals surface area contributed by atoms with Crippen LogP contribution in [0, 0.1) is 12.7 Å². The van der Waals surface area contributed by atoms with Crippen molar-refractivity contribution < 1.29 is 24.9 Å². The molecule has 0 aromatic heterocycles. The Balaban J connectivity index is 0. The number of nitrogens with zero attached hydrogens (tertiary/aromatic N) is 1. The van der Waals surface area contributed by atoms with Crippen molar-refractivity contribution in [3.05, 3.63) is 70.1 Å². The zero-order chi connectivity index (χ0) is 24.5. The first-order chi connectivity index (χ1) is 15.2. The van der Waals surface area contributed by atoms with Crippen LogP contribution in [0.15, 0.2) is 53.3 Å². The molecule has 1 atom stereocenters. The Morgan fingerprint density at radius 3 is 2.50 bits per heavy atom. The van der Waals surface area contributed by atoms with Gasteiger partial charge in [0.15, 0.2) is 5.43 Å². The topological polar surface area (TPSA) is 98.8 Å². The second-order valence-electron chi connectivity index (χ2n) is 6.31. The van der Waals surface area contributed by atoms with E-state index in [1.165, 1.54) is 12.1 Å². The summed E-state index contributed by atoms with van der Waals surface area (Å²) in [7, 11) is 0. The number of aliphatic hydroxyl groups excluding tert-OH is 1. The van der Waals surface area contributed by atoms with Crippen LogP contribution in [0.1, 0.15) is 20.8 Å². The molecule has 0 unspecified atom stereocenters. The third-order valence-corrected chi connectivity index (χ3v) is 4.52. The van der Waals surface area contributed by atoms with E-state index in [4.69, 9.17) is 5.73 Å². The lowest BCUT2D eigenvalue weighted by molar-refractivity contribution is 0.137. The number of alkyl halides is 2. The second kappa shape index (κ2) is 17.3. The molecule has 0 spiro atoms. The number of halogens is 3. The fourth-order valence-corrected chi connectivity index (χ4v) is 2.67. The summed E-state index contributed by atoms with van der Waals surface area (Å²) in [4.78, 5) is 10.6. The molecule has 0 saturated heterocycles. The number of nitrogens with one attached hydrogen (secondary N) is 1. The summed E-state index contributed by atoms with van der Waals surface area (Å²) < 4.78 is 37.0.